The van der Waals surface area contributed by atoms with E-state index in [0.717, 1.165) is 25.7 Å². The minimum absolute atomic E-state index is 0.0599. The Hall–Kier alpha value is -1.53. The maximum Gasteiger partial charge on any atom is 0.316 e. The van der Waals surface area contributed by atoms with Crippen molar-refractivity contribution in [2.45, 2.75) is 69.7 Å². The molecule has 3 rings (SSSR count). The lowest BCUT2D eigenvalue weighted by Gasteiger charge is -2.26. The van der Waals surface area contributed by atoms with E-state index in [-0.39, 0.29) is 23.3 Å². The first-order valence-corrected chi connectivity index (χ1v) is 10.7. The van der Waals surface area contributed by atoms with Crippen LogP contribution in [0.3, 0.4) is 0 Å². The molecular formula is C20H25ClN2O3S. The van der Waals surface area contributed by atoms with Crippen LogP contribution < -0.4 is 5.56 Å². The molecule has 1 saturated carbocycles. The van der Waals surface area contributed by atoms with Crippen molar-refractivity contribution >= 4 is 40.2 Å². The van der Waals surface area contributed by atoms with E-state index < -0.39 is 5.60 Å². The molecule has 0 atom stereocenters. The molecule has 5 nitrogen and oxygen atoms in total. The number of carbonyl (C=O) groups is 1. The van der Waals surface area contributed by atoms with Gasteiger partial charge in [-0.15, -0.1) is 0 Å². The zero-order valence-corrected chi connectivity index (χ0v) is 17.5. The molecule has 1 aromatic heterocycles. The largest absolute Gasteiger partial charge is 0.459 e. The first-order valence-electron chi connectivity index (χ1n) is 9.31. The summed E-state index contributed by atoms with van der Waals surface area (Å²) >= 11 is 7.34. The number of fused-ring (bicyclic) bond motifs is 1. The molecule has 2 aromatic rings. The monoisotopic (exact) mass is 408 g/mol. The minimum Gasteiger partial charge on any atom is -0.459 e. The third-order valence-corrected chi connectivity index (χ3v) is 5.67. The maximum atomic E-state index is 13.2. The molecule has 1 fully saturated rings. The first kappa shape index (κ1) is 20.2. The summed E-state index contributed by atoms with van der Waals surface area (Å²) in [4.78, 5) is 30.0. The highest BCUT2D eigenvalue weighted by molar-refractivity contribution is 7.99. The van der Waals surface area contributed by atoms with Gasteiger partial charge in [0.15, 0.2) is 5.16 Å². The third kappa shape index (κ3) is 5.05. The standard InChI is InChI=1S/C20H25ClN2O3S/c1-20(2,3)26-17(24)12-27-19-22-16-11-13(21)9-10-15(16)18(25)23(19)14-7-5-4-6-8-14/h9-11,14H,4-8,12H2,1-3H3. The summed E-state index contributed by atoms with van der Waals surface area (Å²) in [5.41, 5.74) is -0.0353. The van der Waals surface area contributed by atoms with Gasteiger partial charge in [0.25, 0.3) is 5.56 Å². The van der Waals surface area contributed by atoms with E-state index in [1.54, 1.807) is 22.8 Å². The smallest absolute Gasteiger partial charge is 0.316 e. The summed E-state index contributed by atoms with van der Waals surface area (Å²) in [6.45, 7) is 5.51. The number of benzene rings is 1. The van der Waals surface area contributed by atoms with E-state index in [1.807, 2.05) is 20.8 Å². The SMILES string of the molecule is CC(C)(C)OC(=O)CSc1nc2cc(Cl)ccc2c(=O)n1C1CCCCC1. The van der Waals surface area contributed by atoms with Crippen LogP contribution in [0.5, 0.6) is 0 Å². The predicted octanol–water partition coefficient (Wildman–Crippen LogP) is 4.99. The van der Waals surface area contributed by atoms with Crippen LogP contribution in [-0.2, 0) is 9.53 Å². The number of halogens is 1. The van der Waals surface area contributed by atoms with Gasteiger partial charge >= 0.3 is 5.97 Å². The second-order valence-corrected chi connectivity index (χ2v) is 9.28. The van der Waals surface area contributed by atoms with Gasteiger partial charge in [0.05, 0.1) is 16.7 Å². The Bertz CT molecular complexity index is 898. The summed E-state index contributed by atoms with van der Waals surface area (Å²) in [7, 11) is 0. The van der Waals surface area contributed by atoms with Crippen molar-refractivity contribution in [3.8, 4) is 0 Å². The molecule has 0 amide bonds. The molecule has 1 aliphatic rings. The molecule has 0 radical (unpaired) electrons. The highest BCUT2D eigenvalue weighted by atomic mass is 35.5. The predicted molar refractivity (Wildman–Crippen MR) is 110 cm³/mol. The lowest BCUT2D eigenvalue weighted by molar-refractivity contribution is -0.151. The van der Waals surface area contributed by atoms with Crippen molar-refractivity contribution in [1.82, 2.24) is 9.55 Å². The Morgan fingerprint density at radius 1 is 1.30 bits per heavy atom. The molecule has 1 aliphatic carbocycles. The Morgan fingerprint density at radius 2 is 2.00 bits per heavy atom. The van der Waals surface area contributed by atoms with E-state index >= 15 is 0 Å². The summed E-state index contributed by atoms with van der Waals surface area (Å²) in [6, 6.07) is 5.27. The van der Waals surface area contributed by atoms with Crippen LogP contribution in [0.4, 0.5) is 0 Å². The van der Waals surface area contributed by atoms with Crippen LogP contribution in [0.2, 0.25) is 5.02 Å². The number of rotatable bonds is 4. The van der Waals surface area contributed by atoms with Gasteiger partial charge in [-0.05, 0) is 51.8 Å². The van der Waals surface area contributed by atoms with Gasteiger partial charge in [-0.3, -0.25) is 14.2 Å². The quantitative estimate of drug-likeness (QED) is 0.405. The van der Waals surface area contributed by atoms with E-state index in [2.05, 4.69) is 4.98 Å². The Morgan fingerprint density at radius 3 is 2.67 bits per heavy atom. The highest BCUT2D eigenvalue weighted by Gasteiger charge is 2.23. The fourth-order valence-electron chi connectivity index (χ4n) is 3.41. The van der Waals surface area contributed by atoms with E-state index in [0.29, 0.717) is 21.1 Å². The van der Waals surface area contributed by atoms with Crippen molar-refractivity contribution < 1.29 is 9.53 Å². The van der Waals surface area contributed by atoms with Crippen LogP contribution in [0.25, 0.3) is 10.9 Å². The van der Waals surface area contributed by atoms with Gasteiger partial charge in [0.2, 0.25) is 0 Å². The molecule has 27 heavy (non-hydrogen) atoms. The number of aromatic nitrogens is 2. The minimum atomic E-state index is -0.537. The summed E-state index contributed by atoms with van der Waals surface area (Å²) in [5.74, 6) is -0.203. The number of ether oxygens (including phenoxy) is 1. The Labute approximate surface area is 168 Å². The molecule has 0 spiro atoms. The summed E-state index contributed by atoms with van der Waals surface area (Å²) in [6.07, 6.45) is 5.32. The zero-order chi connectivity index (χ0) is 19.6. The van der Waals surface area contributed by atoms with Crippen LogP contribution in [-0.4, -0.2) is 26.9 Å². The lowest BCUT2D eigenvalue weighted by atomic mass is 9.95. The summed E-state index contributed by atoms with van der Waals surface area (Å²) in [5, 5.41) is 1.66. The molecule has 1 heterocycles. The molecule has 0 saturated heterocycles. The molecule has 0 N–H and O–H groups in total. The summed E-state index contributed by atoms with van der Waals surface area (Å²) < 4.78 is 7.17. The zero-order valence-electron chi connectivity index (χ0n) is 16.0. The van der Waals surface area contributed by atoms with E-state index in [4.69, 9.17) is 16.3 Å². The van der Waals surface area contributed by atoms with Crippen molar-refractivity contribution in [1.29, 1.82) is 0 Å². The van der Waals surface area contributed by atoms with Crippen molar-refractivity contribution in [3.05, 3.63) is 33.6 Å². The Balaban J connectivity index is 1.97. The molecule has 0 aliphatic heterocycles. The maximum absolute atomic E-state index is 13.2. The number of nitrogens with zero attached hydrogens (tertiary/aromatic N) is 2. The van der Waals surface area contributed by atoms with Crippen molar-refractivity contribution in [3.63, 3.8) is 0 Å². The topological polar surface area (TPSA) is 61.2 Å². The normalized spacial score (nSPS) is 15.9. The Kier molecular flexibility index (Phi) is 6.16. The average molecular weight is 409 g/mol. The first-order chi connectivity index (χ1) is 12.7. The number of carbonyl (C=O) groups excluding carboxylic acids is 1. The number of thioether (sulfide) groups is 1. The van der Waals surface area contributed by atoms with Gasteiger partial charge in [0, 0.05) is 11.1 Å². The van der Waals surface area contributed by atoms with Crippen LogP contribution in [0, 0.1) is 0 Å². The van der Waals surface area contributed by atoms with Gasteiger partial charge < -0.3 is 4.74 Å². The second kappa shape index (κ2) is 8.23. The van der Waals surface area contributed by atoms with Gasteiger partial charge in [-0.2, -0.15) is 0 Å². The highest BCUT2D eigenvalue weighted by Crippen LogP contribution is 2.31. The van der Waals surface area contributed by atoms with Gasteiger partial charge in [-0.25, -0.2) is 4.98 Å². The van der Waals surface area contributed by atoms with Gasteiger partial charge in [-0.1, -0.05) is 42.6 Å². The lowest BCUT2D eigenvalue weighted by Crippen LogP contribution is -2.29. The van der Waals surface area contributed by atoms with Crippen molar-refractivity contribution in [2.24, 2.45) is 0 Å². The molecule has 146 valence electrons. The molecular weight excluding hydrogens is 384 g/mol. The van der Waals surface area contributed by atoms with Gasteiger partial charge in [0.1, 0.15) is 5.60 Å². The van der Waals surface area contributed by atoms with Crippen LogP contribution in [0.1, 0.15) is 58.9 Å². The van der Waals surface area contributed by atoms with E-state index in [9.17, 15) is 9.59 Å². The molecule has 0 unspecified atom stereocenters. The molecule has 7 heteroatoms. The third-order valence-electron chi connectivity index (χ3n) is 4.51. The fraction of sp³-hybridized carbons (Fsp3) is 0.550. The number of hydrogen-bond donors (Lipinski definition) is 0. The molecule has 1 aromatic carbocycles. The van der Waals surface area contributed by atoms with Crippen LogP contribution in [0.15, 0.2) is 28.2 Å². The fourth-order valence-corrected chi connectivity index (χ4v) is 4.42. The van der Waals surface area contributed by atoms with Crippen LogP contribution >= 0.6 is 23.4 Å². The average Bonchev–Trinajstić information content (AvgIpc) is 2.59. The number of esters is 1. The van der Waals surface area contributed by atoms with E-state index in [1.165, 1.54) is 18.2 Å². The second-order valence-electron chi connectivity index (χ2n) is 7.90. The van der Waals surface area contributed by atoms with Crippen molar-refractivity contribution in [2.75, 3.05) is 5.75 Å². The number of hydrogen-bond acceptors (Lipinski definition) is 5. The molecule has 0 bridgehead atoms.